The van der Waals surface area contributed by atoms with Crippen molar-refractivity contribution in [2.45, 2.75) is 59.2 Å². The maximum atomic E-state index is 12.3. The quantitative estimate of drug-likeness (QED) is 0.764. The minimum absolute atomic E-state index is 0.138. The first-order chi connectivity index (χ1) is 8.28. The van der Waals surface area contributed by atoms with Crippen LogP contribution in [0.15, 0.2) is 24.3 Å². The van der Waals surface area contributed by atoms with E-state index in [1.54, 1.807) is 4.90 Å². The Balaban J connectivity index is 2.80. The second-order valence-electron chi connectivity index (χ2n) is 5.68. The van der Waals surface area contributed by atoms with Crippen molar-refractivity contribution in [3.63, 3.8) is 0 Å². The van der Waals surface area contributed by atoms with Crippen molar-refractivity contribution in [1.29, 1.82) is 0 Å². The molecule has 0 aromatic carbocycles. The van der Waals surface area contributed by atoms with Crippen LogP contribution in [0.25, 0.3) is 0 Å². The van der Waals surface area contributed by atoms with Crippen LogP contribution in [-0.2, 0) is 4.74 Å². The summed E-state index contributed by atoms with van der Waals surface area (Å²) in [6, 6.07) is 0.277. The number of hydrogen-bond donors (Lipinski definition) is 0. The lowest BCUT2D eigenvalue weighted by molar-refractivity contribution is -0.000623. The van der Waals surface area contributed by atoms with E-state index in [1.807, 2.05) is 52.8 Å². The molecule has 2 atom stereocenters. The molecule has 18 heavy (non-hydrogen) atoms. The summed E-state index contributed by atoms with van der Waals surface area (Å²) in [5, 5.41) is 0. The molecule has 0 aromatic rings. The van der Waals surface area contributed by atoms with Crippen LogP contribution in [-0.4, -0.2) is 28.7 Å². The molecule has 1 aliphatic rings. The van der Waals surface area contributed by atoms with Crippen molar-refractivity contribution in [1.82, 2.24) is 4.90 Å². The molecule has 3 heteroatoms. The standard InChI is InChI=1S/C15H25NO2/c1-11(2)16(12(3)4)14(17)18-15(6)10-8-7-9-13(15)5/h7-13H,1-6H3. The maximum absolute atomic E-state index is 12.3. The lowest BCUT2D eigenvalue weighted by Gasteiger charge is -2.37. The molecule has 0 N–H and O–H groups in total. The zero-order chi connectivity index (χ0) is 13.9. The second-order valence-corrected chi connectivity index (χ2v) is 5.68. The molecule has 3 nitrogen and oxygen atoms in total. The first-order valence-electron chi connectivity index (χ1n) is 6.65. The molecule has 1 aliphatic carbocycles. The Hall–Kier alpha value is -1.25. The average molecular weight is 251 g/mol. The molecule has 0 saturated heterocycles. The molecule has 0 heterocycles. The normalized spacial score (nSPS) is 26.8. The van der Waals surface area contributed by atoms with E-state index in [0.29, 0.717) is 0 Å². The van der Waals surface area contributed by atoms with Crippen molar-refractivity contribution >= 4 is 6.09 Å². The molecule has 2 unspecified atom stereocenters. The van der Waals surface area contributed by atoms with E-state index in [9.17, 15) is 4.79 Å². The van der Waals surface area contributed by atoms with Crippen molar-refractivity contribution < 1.29 is 9.53 Å². The number of carbonyl (C=O) groups is 1. The van der Waals surface area contributed by atoms with Crippen LogP contribution < -0.4 is 0 Å². The minimum Gasteiger partial charge on any atom is -0.438 e. The number of amides is 1. The average Bonchev–Trinajstić information content (AvgIpc) is 2.21. The highest BCUT2D eigenvalue weighted by molar-refractivity contribution is 5.69. The van der Waals surface area contributed by atoms with Gasteiger partial charge in [-0.2, -0.15) is 0 Å². The highest BCUT2D eigenvalue weighted by atomic mass is 16.6. The van der Waals surface area contributed by atoms with Gasteiger partial charge in [-0.3, -0.25) is 0 Å². The third-order valence-electron chi connectivity index (χ3n) is 3.47. The van der Waals surface area contributed by atoms with Gasteiger partial charge < -0.3 is 9.64 Å². The van der Waals surface area contributed by atoms with Gasteiger partial charge in [-0.1, -0.05) is 25.2 Å². The number of ether oxygens (including phenoxy) is 1. The lowest BCUT2D eigenvalue weighted by atomic mass is 9.87. The smallest absolute Gasteiger partial charge is 0.411 e. The molecule has 0 aromatic heterocycles. The molecule has 1 rings (SSSR count). The van der Waals surface area contributed by atoms with Gasteiger partial charge in [-0.15, -0.1) is 0 Å². The van der Waals surface area contributed by atoms with E-state index in [-0.39, 0.29) is 24.1 Å². The Kier molecular flexibility index (Phi) is 4.60. The summed E-state index contributed by atoms with van der Waals surface area (Å²) in [7, 11) is 0. The van der Waals surface area contributed by atoms with Gasteiger partial charge in [0.2, 0.25) is 0 Å². The van der Waals surface area contributed by atoms with Crippen LogP contribution in [0.3, 0.4) is 0 Å². The number of nitrogens with zero attached hydrogens (tertiary/aromatic N) is 1. The summed E-state index contributed by atoms with van der Waals surface area (Å²) in [6.07, 6.45) is 7.69. The molecule has 0 fully saturated rings. The first-order valence-corrected chi connectivity index (χ1v) is 6.65. The van der Waals surface area contributed by atoms with Crippen molar-refractivity contribution in [2.24, 2.45) is 5.92 Å². The summed E-state index contributed by atoms with van der Waals surface area (Å²) < 4.78 is 5.72. The van der Waals surface area contributed by atoms with Crippen LogP contribution in [0.4, 0.5) is 4.79 Å². The molecular weight excluding hydrogens is 226 g/mol. The molecule has 0 bridgehead atoms. The van der Waals surface area contributed by atoms with Crippen molar-refractivity contribution in [3.8, 4) is 0 Å². The minimum atomic E-state index is -0.548. The number of allylic oxidation sites excluding steroid dienone is 2. The Morgan fingerprint density at radius 3 is 2.22 bits per heavy atom. The molecule has 1 amide bonds. The highest BCUT2D eigenvalue weighted by Gasteiger charge is 2.35. The van der Waals surface area contributed by atoms with Gasteiger partial charge in [0.05, 0.1) is 0 Å². The van der Waals surface area contributed by atoms with Gasteiger partial charge in [0.1, 0.15) is 5.60 Å². The number of hydrogen-bond acceptors (Lipinski definition) is 2. The SMILES string of the molecule is CC(C)N(C(=O)OC1(C)C=CC=CC1C)C(C)C. The van der Waals surface area contributed by atoms with E-state index in [2.05, 4.69) is 13.0 Å². The third-order valence-corrected chi connectivity index (χ3v) is 3.47. The Bertz CT molecular complexity index is 350. The molecule has 102 valence electrons. The first kappa shape index (κ1) is 14.8. The lowest BCUT2D eigenvalue weighted by Crippen LogP contribution is -2.47. The summed E-state index contributed by atoms with van der Waals surface area (Å²) in [5.41, 5.74) is -0.548. The van der Waals surface area contributed by atoms with Crippen LogP contribution in [0, 0.1) is 5.92 Å². The predicted molar refractivity (Wildman–Crippen MR) is 74.4 cm³/mol. The molecule has 0 spiro atoms. The van der Waals surface area contributed by atoms with Crippen LogP contribution in [0.1, 0.15) is 41.5 Å². The predicted octanol–water partition coefficient (Wildman–Crippen LogP) is 3.76. The van der Waals surface area contributed by atoms with E-state index < -0.39 is 5.60 Å². The fourth-order valence-corrected chi connectivity index (χ4v) is 2.21. The Morgan fingerprint density at radius 1 is 1.22 bits per heavy atom. The van der Waals surface area contributed by atoms with E-state index >= 15 is 0 Å². The zero-order valence-electron chi connectivity index (χ0n) is 12.3. The molecule has 0 aliphatic heterocycles. The van der Waals surface area contributed by atoms with Crippen molar-refractivity contribution in [2.75, 3.05) is 0 Å². The van der Waals surface area contributed by atoms with E-state index in [1.165, 1.54) is 0 Å². The summed E-state index contributed by atoms with van der Waals surface area (Å²) in [5.74, 6) is 0.188. The van der Waals surface area contributed by atoms with Gasteiger partial charge in [-0.05, 0) is 40.7 Å². The largest absolute Gasteiger partial charge is 0.438 e. The molecule has 0 saturated carbocycles. The fraction of sp³-hybridized carbons (Fsp3) is 0.667. The summed E-state index contributed by atoms with van der Waals surface area (Å²) in [6.45, 7) is 12.0. The van der Waals surface area contributed by atoms with Crippen LogP contribution in [0.2, 0.25) is 0 Å². The Morgan fingerprint density at radius 2 is 1.78 bits per heavy atom. The summed E-state index contributed by atoms with van der Waals surface area (Å²) >= 11 is 0. The Labute approximate surface area is 110 Å². The number of carbonyl (C=O) groups excluding carboxylic acids is 1. The van der Waals surface area contributed by atoms with E-state index in [4.69, 9.17) is 4.74 Å². The topological polar surface area (TPSA) is 29.5 Å². The maximum Gasteiger partial charge on any atom is 0.411 e. The second kappa shape index (κ2) is 5.59. The monoisotopic (exact) mass is 251 g/mol. The van der Waals surface area contributed by atoms with E-state index in [0.717, 1.165) is 0 Å². The van der Waals surface area contributed by atoms with Gasteiger partial charge in [0.15, 0.2) is 0 Å². The zero-order valence-corrected chi connectivity index (χ0v) is 12.3. The summed E-state index contributed by atoms with van der Waals surface area (Å²) in [4.78, 5) is 14.1. The fourth-order valence-electron chi connectivity index (χ4n) is 2.21. The van der Waals surface area contributed by atoms with Gasteiger partial charge >= 0.3 is 6.09 Å². The van der Waals surface area contributed by atoms with Gasteiger partial charge in [0.25, 0.3) is 0 Å². The van der Waals surface area contributed by atoms with Crippen molar-refractivity contribution in [3.05, 3.63) is 24.3 Å². The highest BCUT2D eigenvalue weighted by Crippen LogP contribution is 2.29. The van der Waals surface area contributed by atoms with Crippen LogP contribution >= 0.6 is 0 Å². The van der Waals surface area contributed by atoms with Crippen LogP contribution in [0.5, 0.6) is 0 Å². The van der Waals surface area contributed by atoms with Gasteiger partial charge in [0, 0.05) is 18.0 Å². The molecule has 0 radical (unpaired) electrons. The third kappa shape index (κ3) is 3.15. The van der Waals surface area contributed by atoms with Gasteiger partial charge in [-0.25, -0.2) is 4.79 Å². The molecular formula is C15H25NO2. The number of rotatable bonds is 3.